The maximum atomic E-state index is 12.5. The van der Waals surface area contributed by atoms with Gasteiger partial charge in [0.1, 0.15) is 0 Å². The molecule has 0 atom stereocenters. The van der Waals surface area contributed by atoms with Gasteiger partial charge in [0.05, 0.1) is 14.2 Å². The number of benzene rings is 1. The molecule has 1 aromatic rings. The van der Waals surface area contributed by atoms with Gasteiger partial charge in [-0.3, -0.25) is 9.69 Å². The van der Waals surface area contributed by atoms with E-state index in [9.17, 15) is 4.79 Å². The SMILES string of the molecule is COc1ccc(CCCC(=O)N2CCN(C3CCCC3)CC2)cc1OC. The second kappa shape index (κ2) is 9.26. The molecule has 0 N–H and O–H groups in total. The summed E-state index contributed by atoms with van der Waals surface area (Å²) in [6, 6.07) is 6.76. The lowest BCUT2D eigenvalue weighted by Crippen LogP contribution is -2.51. The molecule has 0 aromatic heterocycles. The number of nitrogens with zero attached hydrogens (tertiary/aromatic N) is 2. The Morgan fingerprint density at radius 2 is 1.73 bits per heavy atom. The molecular weight excluding hydrogens is 328 g/mol. The Morgan fingerprint density at radius 3 is 2.38 bits per heavy atom. The van der Waals surface area contributed by atoms with Crippen LogP contribution in [0.15, 0.2) is 18.2 Å². The molecule has 2 fully saturated rings. The van der Waals surface area contributed by atoms with Crippen molar-refractivity contribution in [2.45, 2.75) is 51.0 Å². The van der Waals surface area contributed by atoms with Crippen LogP contribution in [-0.4, -0.2) is 62.1 Å². The predicted molar refractivity (Wildman–Crippen MR) is 103 cm³/mol. The van der Waals surface area contributed by atoms with Crippen LogP contribution in [0.2, 0.25) is 0 Å². The van der Waals surface area contributed by atoms with Gasteiger partial charge in [0.25, 0.3) is 0 Å². The number of hydrogen-bond donors (Lipinski definition) is 0. The number of aryl methyl sites for hydroxylation is 1. The molecule has 1 aromatic carbocycles. The van der Waals surface area contributed by atoms with E-state index in [4.69, 9.17) is 9.47 Å². The van der Waals surface area contributed by atoms with Crippen molar-refractivity contribution in [1.82, 2.24) is 9.80 Å². The average molecular weight is 360 g/mol. The zero-order valence-corrected chi connectivity index (χ0v) is 16.2. The number of carbonyl (C=O) groups excluding carboxylic acids is 1. The molecule has 0 spiro atoms. The first kappa shape index (κ1) is 19.0. The zero-order chi connectivity index (χ0) is 18.4. The number of amides is 1. The highest BCUT2D eigenvalue weighted by molar-refractivity contribution is 5.76. The van der Waals surface area contributed by atoms with Crippen molar-refractivity contribution in [2.24, 2.45) is 0 Å². The summed E-state index contributed by atoms with van der Waals surface area (Å²) in [7, 11) is 3.29. The minimum absolute atomic E-state index is 0.302. The lowest BCUT2D eigenvalue weighted by atomic mass is 10.1. The van der Waals surface area contributed by atoms with E-state index in [1.807, 2.05) is 18.2 Å². The van der Waals surface area contributed by atoms with E-state index < -0.39 is 0 Å². The van der Waals surface area contributed by atoms with Gasteiger partial charge in [0.15, 0.2) is 11.5 Å². The average Bonchev–Trinajstić information content (AvgIpc) is 3.22. The predicted octanol–water partition coefficient (Wildman–Crippen LogP) is 3.11. The molecule has 1 amide bonds. The van der Waals surface area contributed by atoms with Crippen LogP contribution in [0.25, 0.3) is 0 Å². The molecule has 3 rings (SSSR count). The Morgan fingerprint density at radius 1 is 1.04 bits per heavy atom. The third-order valence-corrected chi connectivity index (χ3v) is 5.81. The van der Waals surface area contributed by atoms with E-state index in [1.54, 1.807) is 14.2 Å². The molecule has 144 valence electrons. The second-order valence-electron chi connectivity index (χ2n) is 7.40. The molecule has 1 aliphatic carbocycles. The smallest absolute Gasteiger partial charge is 0.222 e. The topological polar surface area (TPSA) is 42.0 Å². The quantitative estimate of drug-likeness (QED) is 0.749. The van der Waals surface area contributed by atoms with Crippen LogP contribution in [0.5, 0.6) is 11.5 Å². The van der Waals surface area contributed by atoms with Gasteiger partial charge >= 0.3 is 0 Å². The van der Waals surface area contributed by atoms with E-state index in [2.05, 4.69) is 9.80 Å². The van der Waals surface area contributed by atoms with Gasteiger partial charge in [-0.25, -0.2) is 0 Å². The number of rotatable bonds is 7. The molecule has 1 saturated heterocycles. The minimum atomic E-state index is 0.302. The summed E-state index contributed by atoms with van der Waals surface area (Å²) in [5.74, 6) is 1.79. The highest BCUT2D eigenvalue weighted by Crippen LogP contribution is 2.28. The van der Waals surface area contributed by atoms with Crippen LogP contribution < -0.4 is 9.47 Å². The summed E-state index contributed by atoms with van der Waals surface area (Å²) in [4.78, 5) is 17.2. The Labute approximate surface area is 157 Å². The second-order valence-corrected chi connectivity index (χ2v) is 7.40. The fraction of sp³-hybridized carbons (Fsp3) is 0.667. The molecule has 1 aliphatic heterocycles. The highest BCUT2D eigenvalue weighted by Gasteiger charge is 2.27. The van der Waals surface area contributed by atoms with Crippen molar-refractivity contribution in [3.8, 4) is 11.5 Å². The first-order chi connectivity index (χ1) is 12.7. The molecule has 5 heteroatoms. The highest BCUT2D eigenvalue weighted by atomic mass is 16.5. The minimum Gasteiger partial charge on any atom is -0.493 e. The third kappa shape index (κ3) is 4.70. The first-order valence-electron chi connectivity index (χ1n) is 9.94. The lowest BCUT2D eigenvalue weighted by molar-refractivity contribution is -0.133. The number of carbonyl (C=O) groups is 1. The van der Waals surface area contributed by atoms with E-state index >= 15 is 0 Å². The standard InChI is InChI=1S/C21H32N2O3/c1-25-19-11-10-17(16-20(19)26-2)6-5-9-21(24)23-14-12-22(13-15-23)18-7-3-4-8-18/h10-11,16,18H,3-9,12-15H2,1-2H3. The lowest BCUT2D eigenvalue weighted by Gasteiger charge is -2.38. The largest absolute Gasteiger partial charge is 0.493 e. The normalized spacial score (nSPS) is 18.9. The van der Waals surface area contributed by atoms with Crippen LogP contribution in [0.3, 0.4) is 0 Å². The third-order valence-electron chi connectivity index (χ3n) is 5.81. The van der Waals surface area contributed by atoms with Gasteiger partial charge in [-0.05, 0) is 43.4 Å². The summed E-state index contributed by atoms with van der Waals surface area (Å²) in [5.41, 5.74) is 1.18. The molecule has 0 radical (unpaired) electrons. The Kier molecular flexibility index (Phi) is 6.78. The fourth-order valence-electron chi connectivity index (χ4n) is 4.24. The maximum absolute atomic E-state index is 12.5. The van der Waals surface area contributed by atoms with Crippen molar-refractivity contribution >= 4 is 5.91 Å². The van der Waals surface area contributed by atoms with Gasteiger partial charge < -0.3 is 14.4 Å². The van der Waals surface area contributed by atoms with Crippen LogP contribution in [0.4, 0.5) is 0 Å². The molecule has 0 unspecified atom stereocenters. The maximum Gasteiger partial charge on any atom is 0.222 e. The molecule has 1 saturated carbocycles. The van der Waals surface area contributed by atoms with Crippen LogP contribution in [0.1, 0.15) is 44.1 Å². The van der Waals surface area contributed by atoms with Crippen molar-refractivity contribution in [1.29, 1.82) is 0 Å². The molecule has 26 heavy (non-hydrogen) atoms. The Hall–Kier alpha value is -1.75. The molecule has 2 aliphatic rings. The summed E-state index contributed by atoms with van der Waals surface area (Å²) in [5, 5.41) is 0. The molecule has 5 nitrogen and oxygen atoms in total. The zero-order valence-electron chi connectivity index (χ0n) is 16.2. The Bertz CT molecular complexity index is 591. The number of piperazine rings is 1. The molecule has 1 heterocycles. The van der Waals surface area contributed by atoms with Gasteiger partial charge in [0, 0.05) is 38.6 Å². The molecule has 0 bridgehead atoms. The van der Waals surface area contributed by atoms with E-state index in [1.165, 1.54) is 31.2 Å². The monoisotopic (exact) mass is 360 g/mol. The van der Waals surface area contributed by atoms with Crippen LogP contribution >= 0.6 is 0 Å². The van der Waals surface area contributed by atoms with E-state index in [0.29, 0.717) is 12.3 Å². The van der Waals surface area contributed by atoms with Gasteiger partial charge in [0.2, 0.25) is 5.91 Å². The number of ether oxygens (including phenoxy) is 2. The van der Waals surface area contributed by atoms with Gasteiger partial charge in [-0.15, -0.1) is 0 Å². The first-order valence-corrected chi connectivity index (χ1v) is 9.94. The number of hydrogen-bond acceptors (Lipinski definition) is 4. The fourth-order valence-corrected chi connectivity index (χ4v) is 4.24. The van der Waals surface area contributed by atoms with E-state index in [0.717, 1.165) is 56.6 Å². The van der Waals surface area contributed by atoms with E-state index in [-0.39, 0.29) is 0 Å². The van der Waals surface area contributed by atoms with Crippen molar-refractivity contribution in [2.75, 3.05) is 40.4 Å². The summed E-state index contributed by atoms with van der Waals surface area (Å²) < 4.78 is 10.6. The van der Waals surface area contributed by atoms with Crippen molar-refractivity contribution < 1.29 is 14.3 Å². The Balaban J connectivity index is 1.40. The van der Waals surface area contributed by atoms with Crippen LogP contribution in [0, 0.1) is 0 Å². The van der Waals surface area contributed by atoms with Gasteiger partial charge in [-0.1, -0.05) is 18.9 Å². The summed E-state index contributed by atoms with van der Waals surface area (Å²) in [6.07, 6.45) is 7.82. The molecular formula is C21H32N2O3. The van der Waals surface area contributed by atoms with Crippen molar-refractivity contribution in [3.63, 3.8) is 0 Å². The van der Waals surface area contributed by atoms with Crippen LogP contribution in [-0.2, 0) is 11.2 Å². The summed E-state index contributed by atoms with van der Waals surface area (Å²) in [6.45, 7) is 3.88. The number of methoxy groups -OCH3 is 2. The van der Waals surface area contributed by atoms with Crippen molar-refractivity contribution in [3.05, 3.63) is 23.8 Å². The van der Waals surface area contributed by atoms with Gasteiger partial charge in [-0.2, -0.15) is 0 Å². The summed E-state index contributed by atoms with van der Waals surface area (Å²) >= 11 is 0.